The van der Waals surface area contributed by atoms with E-state index < -0.39 is 10.0 Å². The molecule has 0 atom stereocenters. The van der Waals surface area contributed by atoms with Crippen molar-refractivity contribution >= 4 is 16.0 Å². The first-order valence-electron chi connectivity index (χ1n) is 7.67. The Bertz CT molecular complexity index is 902. The molecule has 0 N–H and O–H groups in total. The lowest BCUT2D eigenvalue weighted by atomic mass is 10.2. The first-order chi connectivity index (χ1) is 12.1. The molecule has 0 bridgehead atoms. The first-order valence-corrected chi connectivity index (χ1v) is 9.11. The molecule has 1 fully saturated rings. The van der Waals surface area contributed by atoms with Crippen LogP contribution in [0.3, 0.4) is 0 Å². The highest BCUT2D eigenvalue weighted by Gasteiger charge is 2.30. The number of hydrogen-bond donors (Lipinski definition) is 0. The lowest BCUT2D eigenvalue weighted by Crippen LogP contribution is -2.49. The molecule has 0 saturated carbocycles. The van der Waals surface area contributed by atoms with Crippen LogP contribution in [0.25, 0.3) is 0 Å². The van der Waals surface area contributed by atoms with E-state index in [-0.39, 0.29) is 10.5 Å². The van der Waals surface area contributed by atoms with Crippen molar-refractivity contribution in [3.8, 4) is 11.9 Å². The minimum absolute atomic E-state index is 0.0450. The summed E-state index contributed by atoms with van der Waals surface area (Å²) < 4.78 is 32.1. The number of methoxy groups -OCH3 is 1. The van der Waals surface area contributed by atoms with Gasteiger partial charge in [-0.15, -0.1) is 0 Å². The molecule has 130 valence electrons. The number of aromatic nitrogens is 2. The average Bonchev–Trinajstić information content (AvgIpc) is 2.68. The molecule has 1 aromatic heterocycles. The van der Waals surface area contributed by atoms with Crippen molar-refractivity contribution in [2.45, 2.75) is 4.90 Å². The molecular weight excluding hydrogens is 342 g/mol. The maximum absolute atomic E-state index is 12.8. The van der Waals surface area contributed by atoms with Gasteiger partial charge < -0.3 is 9.64 Å². The zero-order valence-corrected chi connectivity index (χ0v) is 14.5. The van der Waals surface area contributed by atoms with Crippen LogP contribution in [-0.4, -0.2) is 56.0 Å². The highest BCUT2D eigenvalue weighted by molar-refractivity contribution is 7.89. The number of piperazine rings is 1. The normalized spacial score (nSPS) is 15.6. The lowest BCUT2D eigenvalue weighted by molar-refractivity contribution is 0.377. The minimum Gasteiger partial charge on any atom is -0.481 e. The number of sulfonamides is 1. The van der Waals surface area contributed by atoms with Gasteiger partial charge in [-0.3, -0.25) is 0 Å². The Hall–Kier alpha value is -2.70. The van der Waals surface area contributed by atoms with E-state index in [2.05, 4.69) is 9.97 Å². The van der Waals surface area contributed by atoms with Gasteiger partial charge in [-0.25, -0.2) is 13.4 Å². The summed E-state index contributed by atoms with van der Waals surface area (Å²) in [6.45, 7) is 1.51. The van der Waals surface area contributed by atoms with Gasteiger partial charge in [-0.05, 0) is 12.1 Å². The molecule has 0 radical (unpaired) electrons. The van der Waals surface area contributed by atoms with Crippen LogP contribution in [-0.2, 0) is 10.0 Å². The fraction of sp³-hybridized carbons (Fsp3) is 0.312. The number of benzene rings is 1. The van der Waals surface area contributed by atoms with E-state index in [1.165, 1.54) is 23.5 Å². The Balaban J connectivity index is 1.76. The Morgan fingerprint density at radius 3 is 2.56 bits per heavy atom. The van der Waals surface area contributed by atoms with Crippen molar-refractivity contribution in [2.24, 2.45) is 0 Å². The van der Waals surface area contributed by atoms with Gasteiger partial charge in [-0.2, -0.15) is 14.6 Å². The summed E-state index contributed by atoms with van der Waals surface area (Å²) in [4.78, 5) is 10.4. The van der Waals surface area contributed by atoms with E-state index >= 15 is 0 Å². The van der Waals surface area contributed by atoms with Gasteiger partial charge in [0, 0.05) is 38.4 Å². The van der Waals surface area contributed by atoms with Crippen LogP contribution in [0.5, 0.6) is 5.88 Å². The molecule has 0 amide bonds. The molecule has 25 heavy (non-hydrogen) atoms. The zero-order valence-electron chi connectivity index (χ0n) is 13.7. The second kappa shape index (κ2) is 7.04. The topological polar surface area (TPSA) is 99.4 Å². The van der Waals surface area contributed by atoms with Crippen molar-refractivity contribution in [1.82, 2.24) is 14.3 Å². The van der Waals surface area contributed by atoms with Crippen LogP contribution in [0.15, 0.2) is 41.4 Å². The molecule has 2 heterocycles. The lowest BCUT2D eigenvalue weighted by Gasteiger charge is -2.34. The predicted octanol–water partition coefficient (Wildman–Crippen LogP) is 0.868. The Kier molecular flexibility index (Phi) is 4.83. The summed E-state index contributed by atoms with van der Waals surface area (Å²) in [6.07, 6.45) is 1.60. The van der Waals surface area contributed by atoms with Crippen molar-refractivity contribution < 1.29 is 13.2 Å². The Morgan fingerprint density at radius 2 is 1.88 bits per heavy atom. The number of nitrogens with zero attached hydrogens (tertiary/aromatic N) is 5. The van der Waals surface area contributed by atoms with Crippen LogP contribution < -0.4 is 9.64 Å². The van der Waals surface area contributed by atoms with Crippen molar-refractivity contribution in [2.75, 3.05) is 38.2 Å². The molecule has 1 aliphatic rings. The quantitative estimate of drug-likeness (QED) is 0.798. The summed E-state index contributed by atoms with van der Waals surface area (Å²) >= 11 is 0. The molecule has 0 unspecified atom stereocenters. The van der Waals surface area contributed by atoms with Gasteiger partial charge in [-0.1, -0.05) is 12.1 Å². The number of rotatable bonds is 4. The largest absolute Gasteiger partial charge is 0.481 e. The Morgan fingerprint density at radius 1 is 1.16 bits per heavy atom. The molecule has 8 nitrogen and oxygen atoms in total. The van der Waals surface area contributed by atoms with Gasteiger partial charge >= 0.3 is 0 Å². The van der Waals surface area contributed by atoms with E-state index in [0.29, 0.717) is 38.0 Å². The van der Waals surface area contributed by atoms with Crippen LogP contribution in [0, 0.1) is 11.3 Å². The third-order valence-electron chi connectivity index (χ3n) is 3.97. The molecule has 3 rings (SSSR count). The molecular formula is C16H17N5O3S. The monoisotopic (exact) mass is 359 g/mol. The summed E-state index contributed by atoms with van der Waals surface area (Å²) in [5.74, 6) is 0.969. The summed E-state index contributed by atoms with van der Waals surface area (Å²) in [5.41, 5.74) is 0.154. The van der Waals surface area contributed by atoms with E-state index in [0.717, 1.165) is 0 Å². The van der Waals surface area contributed by atoms with E-state index in [1.807, 2.05) is 11.0 Å². The van der Waals surface area contributed by atoms with Crippen LogP contribution in [0.1, 0.15) is 5.56 Å². The maximum atomic E-state index is 12.8. The minimum atomic E-state index is -3.70. The molecule has 1 aromatic carbocycles. The SMILES string of the molecule is COc1ccnc(N2CCN(S(=O)(=O)c3ccccc3C#N)CC2)n1. The zero-order chi connectivity index (χ0) is 17.9. The number of anilines is 1. The highest BCUT2D eigenvalue weighted by atomic mass is 32.2. The second-order valence-electron chi connectivity index (χ2n) is 5.40. The van der Waals surface area contributed by atoms with Crippen molar-refractivity contribution in [3.63, 3.8) is 0 Å². The Labute approximate surface area is 146 Å². The molecule has 1 saturated heterocycles. The standard InChI is InChI=1S/C16H17N5O3S/c1-24-15-6-7-18-16(19-15)20-8-10-21(11-9-20)25(22,23)14-5-3-2-4-13(14)12-17/h2-7H,8-11H2,1H3. The molecule has 1 aliphatic heterocycles. The van der Waals surface area contributed by atoms with Gasteiger partial charge in [0.05, 0.1) is 17.6 Å². The molecule has 0 spiro atoms. The summed E-state index contributed by atoms with van der Waals surface area (Å²) in [5, 5.41) is 9.15. The fourth-order valence-electron chi connectivity index (χ4n) is 2.65. The smallest absolute Gasteiger partial charge is 0.244 e. The van der Waals surface area contributed by atoms with Crippen molar-refractivity contribution in [1.29, 1.82) is 5.26 Å². The van der Waals surface area contributed by atoms with E-state index in [1.54, 1.807) is 24.4 Å². The second-order valence-corrected chi connectivity index (χ2v) is 7.30. The average molecular weight is 359 g/mol. The van der Waals surface area contributed by atoms with E-state index in [4.69, 9.17) is 10.00 Å². The van der Waals surface area contributed by atoms with Gasteiger partial charge in [0.15, 0.2) is 0 Å². The van der Waals surface area contributed by atoms with Gasteiger partial charge in [0.25, 0.3) is 0 Å². The maximum Gasteiger partial charge on any atom is 0.244 e. The van der Waals surface area contributed by atoms with Crippen LogP contribution in [0.2, 0.25) is 0 Å². The van der Waals surface area contributed by atoms with Crippen LogP contribution in [0.4, 0.5) is 5.95 Å². The number of nitriles is 1. The summed E-state index contributed by atoms with van der Waals surface area (Å²) in [7, 11) is -2.17. The number of hydrogen-bond acceptors (Lipinski definition) is 7. The van der Waals surface area contributed by atoms with Crippen LogP contribution >= 0.6 is 0 Å². The predicted molar refractivity (Wildman–Crippen MR) is 90.7 cm³/mol. The van der Waals surface area contributed by atoms with Gasteiger partial charge in [0.1, 0.15) is 6.07 Å². The van der Waals surface area contributed by atoms with Gasteiger partial charge in [0.2, 0.25) is 21.9 Å². The first kappa shape index (κ1) is 17.1. The molecule has 0 aliphatic carbocycles. The molecule has 9 heteroatoms. The third-order valence-corrected chi connectivity index (χ3v) is 5.93. The fourth-order valence-corrected chi connectivity index (χ4v) is 4.21. The molecule has 2 aromatic rings. The third kappa shape index (κ3) is 3.40. The summed E-state index contributed by atoms with van der Waals surface area (Å²) in [6, 6.07) is 9.83. The number of ether oxygens (including phenoxy) is 1. The highest BCUT2D eigenvalue weighted by Crippen LogP contribution is 2.22. The van der Waals surface area contributed by atoms with E-state index in [9.17, 15) is 8.42 Å². The van der Waals surface area contributed by atoms with Crippen molar-refractivity contribution in [3.05, 3.63) is 42.1 Å².